The van der Waals surface area contributed by atoms with E-state index in [0.717, 1.165) is 0 Å². The molecule has 1 rings (SSSR count). The molecule has 0 fully saturated rings. The summed E-state index contributed by atoms with van der Waals surface area (Å²) < 4.78 is 0. The third-order valence-electron chi connectivity index (χ3n) is 1.64. The SMILES string of the molecule is Cc1nc(CC(=O)O)ccc1[N+](=O)[O-]. The lowest BCUT2D eigenvalue weighted by atomic mass is 10.2. The molecule has 0 aliphatic rings. The molecule has 0 unspecified atom stereocenters. The van der Waals surface area contributed by atoms with Gasteiger partial charge in [-0.15, -0.1) is 0 Å². The number of pyridine rings is 1. The topological polar surface area (TPSA) is 93.3 Å². The Morgan fingerprint density at radius 3 is 2.71 bits per heavy atom. The van der Waals surface area contributed by atoms with Crippen molar-refractivity contribution in [2.24, 2.45) is 0 Å². The lowest BCUT2D eigenvalue weighted by molar-refractivity contribution is -0.385. The van der Waals surface area contributed by atoms with Crippen LogP contribution < -0.4 is 0 Å². The number of aromatic nitrogens is 1. The minimum Gasteiger partial charge on any atom is -0.481 e. The summed E-state index contributed by atoms with van der Waals surface area (Å²) in [5.41, 5.74) is 0.452. The number of aliphatic carboxylic acids is 1. The highest BCUT2D eigenvalue weighted by Gasteiger charge is 2.12. The molecule has 0 radical (unpaired) electrons. The number of nitro groups is 1. The zero-order valence-electron chi connectivity index (χ0n) is 7.43. The fourth-order valence-electron chi connectivity index (χ4n) is 1.05. The van der Waals surface area contributed by atoms with Crippen molar-refractivity contribution in [2.75, 3.05) is 0 Å². The highest BCUT2D eigenvalue weighted by molar-refractivity contribution is 5.69. The maximum Gasteiger partial charge on any atom is 0.309 e. The fourth-order valence-corrected chi connectivity index (χ4v) is 1.05. The zero-order valence-corrected chi connectivity index (χ0v) is 7.43. The van der Waals surface area contributed by atoms with Crippen LogP contribution >= 0.6 is 0 Å². The predicted molar refractivity (Wildman–Crippen MR) is 47.0 cm³/mol. The number of carboxylic acids is 1. The van der Waals surface area contributed by atoms with Gasteiger partial charge < -0.3 is 5.11 Å². The fraction of sp³-hybridized carbons (Fsp3) is 0.250. The summed E-state index contributed by atoms with van der Waals surface area (Å²) in [6.07, 6.45) is -0.223. The van der Waals surface area contributed by atoms with Crippen LogP contribution in [0.4, 0.5) is 5.69 Å². The average molecular weight is 196 g/mol. The zero-order chi connectivity index (χ0) is 10.7. The van der Waals surface area contributed by atoms with E-state index >= 15 is 0 Å². The van der Waals surface area contributed by atoms with Crippen molar-refractivity contribution in [2.45, 2.75) is 13.3 Å². The van der Waals surface area contributed by atoms with Gasteiger partial charge in [0.25, 0.3) is 5.69 Å². The third-order valence-corrected chi connectivity index (χ3v) is 1.64. The largest absolute Gasteiger partial charge is 0.481 e. The highest BCUT2D eigenvalue weighted by Crippen LogP contribution is 2.15. The molecule has 0 saturated carbocycles. The van der Waals surface area contributed by atoms with E-state index in [1.54, 1.807) is 0 Å². The minimum absolute atomic E-state index is 0.0980. The first-order valence-electron chi connectivity index (χ1n) is 3.83. The van der Waals surface area contributed by atoms with Crippen LogP contribution in [0.1, 0.15) is 11.4 Å². The third kappa shape index (κ3) is 2.25. The van der Waals surface area contributed by atoms with Crippen molar-refractivity contribution >= 4 is 11.7 Å². The maximum atomic E-state index is 10.4. The number of nitrogens with zero attached hydrogens (tertiary/aromatic N) is 2. The molecular weight excluding hydrogens is 188 g/mol. The Bertz CT molecular complexity index is 389. The number of aryl methyl sites for hydroxylation is 1. The van der Waals surface area contributed by atoms with E-state index in [2.05, 4.69) is 4.98 Å². The van der Waals surface area contributed by atoms with Gasteiger partial charge in [-0.3, -0.25) is 19.9 Å². The molecular formula is C8H8N2O4. The van der Waals surface area contributed by atoms with Crippen LogP contribution in [0.5, 0.6) is 0 Å². The number of rotatable bonds is 3. The Labute approximate surface area is 79.4 Å². The number of hydrogen-bond acceptors (Lipinski definition) is 4. The van der Waals surface area contributed by atoms with Crippen LogP contribution in [0, 0.1) is 17.0 Å². The summed E-state index contributed by atoms with van der Waals surface area (Å²) in [6, 6.07) is 2.61. The first-order valence-corrected chi connectivity index (χ1v) is 3.83. The van der Waals surface area contributed by atoms with Crippen molar-refractivity contribution in [1.29, 1.82) is 0 Å². The molecule has 1 aromatic heterocycles. The number of hydrogen-bond donors (Lipinski definition) is 1. The molecule has 74 valence electrons. The monoisotopic (exact) mass is 196 g/mol. The van der Waals surface area contributed by atoms with Gasteiger partial charge in [-0.2, -0.15) is 0 Å². The van der Waals surface area contributed by atoms with E-state index < -0.39 is 10.9 Å². The van der Waals surface area contributed by atoms with Gasteiger partial charge in [0.1, 0.15) is 5.69 Å². The van der Waals surface area contributed by atoms with Gasteiger partial charge in [-0.05, 0) is 13.0 Å². The number of carboxylic acid groups (broad SMARTS) is 1. The summed E-state index contributed by atoms with van der Waals surface area (Å²) in [5.74, 6) is -1.01. The van der Waals surface area contributed by atoms with Crippen LogP contribution in [0.25, 0.3) is 0 Å². The van der Waals surface area contributed by atoms with Gasteiger partial charge in [-0.25, -0.2) is 0 Å². The maximum absolute atomic E-state index is 10.4. The van der Waals surface area contributed by atoms with Crippen LogP contribution in [0.15, 0.2) is 12.1 Å². The van der Waals surface area contributed by atoms with Crippen molar-refractivity contribution in [1.82, 2.24) is 4.98 Å². The Hall–Kier alpha value is -1.98. The summed E-state index contributed by atoms with van der Waals surface area (Å²) in [7, 11) is 0. The van der Waals surface area contributed by atoms with Crippen LogP contribution in [0.3, 0.4) is 0 Å². The van der Waals surface area contributed by atoms with Gasteiger partial charge in [-0.1, -0.05) is 0 Å². The number of carbonyl (C=O) groups is 1. The summed E-state index contributed by atoms with van der Waals surface area (Å²) in [5, 5.41) is 18.9. The molecule has 0 atom stereocenters. The van der Waals surface area contributed by atoms with Crippen molar-refractivity contribution in [3.8, 4) is 0 Å². The molecule has 0 aliphatic heterocycles. The lowest BCUT2D eigenvalue weighted by Gasteiger charge is -1.99. The second-order valence-corrected chi connectivity index (χ2v) is 2.73. The van der Waals surface area contributed by atoms with Crippen LogP contribution in [-0.4, -0.2) is 21.0 Å². The second-order valence-electron chi connectivity index (χ2n) is 2.73. The Kier molecular flexibility index (Phi) is 2.76. The van der Waals surface area contributed by atoms with E-state index in [4.69, 9.17) is 5.11 Å². The minimum atomic E-state index is -1.01. The van der Waals surface area contributed by atoms with Gasteiger partial charge in [0.15, 0.2) is 0 Å². The first kappa shape index (κ1) is 10.1. The second kappa shape index (κ2) is 3.82. The molecule has 6 nitrogen and oxygen atoms in total. The van der Waals surface area contributed by atoms with Gasteiger partial charge in [0, 0.05) is 6.07 Å². The Morgan fingerprint density at radius 1 is 1.64 bits per heavy atom. The molecule has 1 heterocycles. The quantitative estimate of drug-likeness (QED) is 0.573. The van der Waals surface area contributed by atoms with E-state index in [0.29, 0.717) is 5.69 Å². The molecule has 0 spiro atoms. The van der Waals surface area contributed by atoms with Crippen LogP contribution in [-0.2, 0) is 11.2 Å². The van der Waals surface area contributed by atoms with E-state index in [-0.39, 0.29) is 17.8 Å². The summed E-state index contributed by atoms with van der Waals surface area (Å²) in [4.78, 5) is 24.0. The van der Waals surface area contributed by atoms with Crippen molar-refractivity contribution in [3.63, 3.8) is 0 Å². The van der Waals surface area contributed by atoms with Crippen molar-refractivity contribution < 1.29 is 14.8 Å². The molecule has 6 heteroatoms. The molecule has 1 aromatic rings. The Balaban J connectivity index is 3.00. The lowest BCUT2D eigenvalue weighted by Crippen LogP contribution is -2.04. The molecule has 14 heavy (non-hydrogen) atoms. The molecule has 0 saturated heterocycles. The first-order chi connectivity index (χ1) is 6.50. The summed E-state index contributed by atoms with van der Waals surface area (Å²) in [6.45, 7) is 1.48. The van der Waals surface area contributed by atoms with Gasteiger partial charge in [0.2, 0.25) is 0 Å². The normalized spacial score (nSPS) is 9.79. The molecule has 0 aliphatic carbocycles. The predicted octanol–water partition coefficient (Wildman–Crippen LogP) is 0.925. The highest BCUT2D eigenvalue weighted by atomic mass is 16.6. The van der Waals surface area contributed by atoms with Crippen LogP contribution in [0.2, 0.25) is 0 Å². The van der Waals surface area contributed by atoms with Gasteiger partial charge in [0.05, 0.1) is 17.0 Å². The van der Waals surface area contributed by atoms with E-state index in [9.17, 15) is 14.9 Å². The molecule has 1 N–H and O–H groups in total. The Morgan fingerprint density at radius 2 is 2.29 bits per heavy atom. The average Bonchev–Trinajstić information content (AvgIpc) is 2.01. The molecule has 0 bridgehead atoms. The van der Waals surface area contributed by atoms with E-state index in [1.807, 2.05) is 0 Å². The smallest absolute Gasteiger partial charge is 0.309 e. The molecule has 0 aromatic carbocycles. The van der Waals surface area contributed by atoms with Gasteiger partial charge >= 0.3 is 5.97 Å². The molecule has 0 amide bonds. The summed E-state index contributed by atoms with van der Waals surface area (Å²) >= 11 is 0. The standard InChI is InChI=1S/C8H8N2O4/c1-5-7(10(13)14)3-2-6(9-5)4-8(11)12/h2-3H,4H2,1H3,(H,11,12). The van der Waals surface area contributed by atoms with E-state index in [1.165, 1.54) is 19.1 Å². The van der Waals surface area contributed by atoms with Crippen molar-refractivity contribution in [3.05, 3.63) is 33.6 Å².